The van der Waals surface area contributed by atoms with Crippen molar-refractivity contribution in [2.45, 2.75) is 6.43 Å². The Morgan fingerprint density at radius 3 is 2.64 bits per heavy atom. The summed E-state index contributed by atoms with van der Waals surface area (Å²) in [5, 5.41) is 9.83. The van der Waals surface area contributed by atoms with E-state index in [0.29, 0.717) is 0 Å². The van der Waals surface area contributed by atoms with Crippen LogP contribution in [-0.2, 0) is 0 Å². The van der Waals surface area contributed by atoms with Gasteiger partial charge in [0.25, 0.3) is 6.43 Å². The Morgan fingerprint density at radius 2 is 2.21 bits per heavy atom. The molecule has 0 aliphatic carbocycles. The molecule has 0 aromatic carbocycles. The van der Waals surface area contributed by atoms with Crippen molar-refractivity contribution in [3.63, 3.8) is 0 Å². The molecule has 0 saturated heterocycles. The first-order chi connectivity index (χ1) is 6.43. The van der Waals surface area contributed by atoms with Crippen LogP contribution in [0.15, 0.2) is 10.7 Å². The van der Waals surface area contributed by atoms with Gasteiger partial charge in [0.05, 0.1) is 4.92 Å². The molecule has 0 radical (unpaired) electrons. The maximum absolute atomic E-state index is 12.3. The molecule has 76 valence electrons. The first-order valence-electron chi connectivity index (χ1n) is 3.22. The number of nitrogens with zero attached hydrogens (tertiary/aromatic N) is 2. The molecule has 0 unspecified atom stereocenters. The van der Waals surface area contributed by atoms with E-state index >= 15 is 0 Å². The highest BCUT2D eigenvalue weighted by Gasteiger charge is 2.26. The molecule has 0 fully saturated rings. The summed E-state index contributed by atoms with van der Waals surface area (Å²) < 4.78 is 24.7. The lowest BCUT2D eigenvalue weighted by Gasteiger charge is -2.02. The Bertz CT molecular complexity index is 388. The Morgan fingerprint density at radius 1 is 1.64 bits per heavy atom. The third-order valence-corrected chi connectivity index (χ3v) is 2.04. The zero-order valence-electron chi connectivity index (χ0n) is 6.38. The first kappa shape index (κ1) is 11.3. The van der Waals surface area contributed by atoms with Gasteiger partial charge in [-0.25, -0.2) is 13.8 Å². The molecule has 1 rings (SSSR count). The predicted octanol–water partition coefficient (Wildman–Crippen LogP) is 3.34. The zero-order valence-corrected chi connectivity index (χ0v) is 8.72. The van der Waals surface area contributed by atoms with Gasteiger partial charge >= 0.3 is 5.69 Å². The molecule has 1 heterocycles. The molecule has 4 nitrogen and oxygen atoms in total. The normalized spacial score (nSPS) is 10.6. The average Bonchev–Trinajstić information content (AvgIpc) is 2.01. The van der Waals surface area contributed by atoms with Gasteiger partial charge in [-0.05, 0) is 22.0 Å². The quantitative estimate of drug-likeness (QED) is 0.476. The summed E-state index contributed by atoms with van der Waals surface area (Å²) in [6.45, 7) is 0. The van der Waals surface area contributed by atoms with Gasteiger partial charge in [0.1, 0.15) is 10.2 Å². The number of nitro groups is 1. The van der Waals surface area contributed by atoms with Gasteiger partial charge in [0.2, 0.25) is 5.15 Å². The fraction of sp³-hybridized carbons (Fsp3) is 0.167. The Kier molecular flexibility index (Phi) is 3.33. The van der Waals surface area contributed by atoms with E-state index in [2.05, 4.69) is 20.9 Å². The van der Waals surface area contributed by atoms with Gasteiger partial charge < -0.3 is 0 Å². The average molecular weight is 287 g/mol. The number of hydrogen-bond donors (Lipinski definition) is 0. The minimum atomic E-state index is -2.97. The minimum absolute atomic E-state index is 0.0309. The smallest absolute Gasteiger partial charge is 0.258 e. The standard InChI is InChI=1S/C6H2BrClF2N2O2/c7-3-1-2(6(9)10)4(12(13)14)5(8)11-3/h1,6H. The highest BCUT2D eigenvalue weighted by molar-refractivity contribution is 9.10. The summed E-state index contributed by atoms with van der Waals surface area (Å²) in [5.41, 5.74) is -1.60. The Hall–Kier alpha value is -0.820. The van der Waals surface area contributed by atoms with Crippen molar-refractivity contribution in [3.8, 4) is 0 Å². The molecule has 1 aromatic rings. The number of pyridine rings is 1. The lowest BCUT2D eigenvalue weighted by Crippen LogP contribution is -1.99. The van der Waals surface area contributed by atoms with Gasteiger partial charge in [-0.1, -0.05) is 11.6 Å². The van der Waals surface area contributed by atoms with E-state index < -0.39 is 27.8 Å². The number of aromatic nitrogens is 1. The van der Waals surface area contributed by atoms with Gasteiger partial charge in [0.15, 0.2) is 0 Å². The molecule has 0 N–H and O–H groups in total. The molecular weight excluding hydrogens is 285 g/mol. The highest BCUT2D eigenvalue weighted by Crippen LogP contribution is 2.35. The Balaban J connectivity index is 3.44. The van der Waals surface area contributed by atoms with Crippen molar-refractivity contribution in [3.05, 3.63) is 31.5 Å². The second kappa shape index (κ2) is 4.14. The van der Waals surface area contributed by atoms with Crippen LogP contribution in [0.3, 0.4) is 0 Å². The molecule has 0 aliphatic heterocycles. The monoisotopic (exact) mass is 286 g/mol. The van der Waals surface area contributed by atoms with Crippen LogP contribution in [0.2, 0.25) is 5.15 Å². The van der Waals surface area contributed by atoms with Crippen LogP contribution < -0.4 is 0 Å². The van der Waals surface area contributed by atoms with E-state index in [1.165, 1.54) is 0 Å². The largest absolute Gasteiger partial charge is 0.315 e. The van der Waals surface area contributed by atoms with Crippen molar-refractivity contribution >= 4 is 33.2 Å². The fourth-order valence-corrected chi connectivity index (χ4v) is 1.64. The maximum atomic E-state index is 12.3. The predicted molar refractivity (Wildman–Crippen MR) is 48.6 cm³/mol. The molecular formula is C6H2BrClF2N2O2. The van der Waals surface area contributed by atoms with Crippen LogP contribution in [0, 0.1) is 10.1 Å². The summed E-state index contributed by atoms with van der Waals surface area (Å²) >= 11 is 8.17. The van der Waals surface area contributed by atoms with Crippen molar-refractivity contribution < 1.29 is 13.7 Å². The lowest BCUT2D eigenvalue weighted by molar-refractivity contribution is -0.386. The number of alkyl halides is 2. The maximum Gasteiger partial charge on any atom is 0.315 e. The second-order valence-electron chi connectivity index (χ2n) is 2.23. The van der Waals surface area contributed by atoms with E-state index in [1.807, 2.05) is 0 Å². The highest BCUT2D eigenvalue weighted by atomic mass is 79.9. The van der Waals surface area contributed by atoms with E-state index in [0.717, 1.165) is 6.07 Å². The summed E-state index contributed by atoms with van der Waals surface area (Å²) in [6.07, 6.45) is -2.97. The van der Waals surface area contributed by atoms with Crippen molar-refractivity contribution in [2.24, 2.45) is 0 Å². The third-order valence-electron chi connectivity index (χ3n) is 1.37. The lowest BCUT2D eigenvalue weighted by atomic mass is 10.2. The molecule has 1 aromatic heterocycles. The van der Waals surface area contributed by atoms with E-state index in [1.54, 1.807) is 0 Å². The van der Waals surface area contributed by atoms with Crippen LogP contribution in [0.5, 0.6) is 0 Å². The van der Waals surface area contributed by atoms with Crippen LogP contribution >= 0.6 is 27.5 Å². The molecule has 0 aliphatic rings. The first-order valence-corrected chi connectivity index (χ1v) is 4.39. The summed E-state index contributed by atoms with van der Waals surface area (Å²) in [7, 11) is 0. The molecule has 0 atom stereocenters. The molecule has 8 heteroatoms. The molecule has 0 amide bonds. The van der Waals surface area contributed by atoms with Crippen molar-refractivity contribution in [2.75, 3.05) is 0 Å². The number of rotatable bonds is 2. The van der Waals surface area contributed by atoms with Gasteiger partial charge in [0, 0.05) is 0 Å². The minimum Gasteiger partial charge on any atom is -0.258 e. The van der Waals surface area contributed by atoms with E-state index in [9.17, 15) is 18.9 Å². The third kappa shape index (κ3) is 2.16. The second-order valence-corrected chi connectivity index (χ2v) is 3.40. The van der Waals surface area contributed by atoms with Crippen molar-refractivity contribution in [1.29, 1.82) is 0 Å². The van der Waals surface area contributed by atoms with Gasteiger partial charge in [-0.3, -0.25) is 10.1 Å². The molecule has 14 heavy (non-hydrogen) atoms. The van der Waals surface area contributed by atoms with Crippen LogP contribution in [-0.4, -0.2) is 9.91 Å². The Labute approximate surface area is 90.2 Å². The van der Waals surface area contributed by atoms with Crippen LogP contribution in [0.25, 0.3) is 0 Å². The van der Waals surface area contributed by atoms with Gasteiger partial charge in [-0.15, -0.1) is 0 Å². The molecule has 0 spiro atoms. The van der Waals surface area contributed by atoms with E-state index in [-0.39, 0.29) is 4.60 Å². The van der Waals surface area contributed by atoms with Crippen LogP contribution in [0.4, 0.5) is 14.5 Å². The van der Waals surface area contributed by atoms with Gasteiger partial charge in [-0.2, -0.15) is 0 Å². The summed E-state index contributed by atoms with van der Waals surface area (Å²) in [5.74, 6) is 0. The molecule has 0 bridgehead atoms. The zero-order chi connectivity index (χ0) is 10.9. The SMILES string of the molecule is O=[N+]([O-])c1c(C(F)F)cc(Br)nc1Cl. The summed E-state index contributed by atoms with van der Waals surface area (Å²) in [6, 6.07) is 0.870. The van der Waals surface area contributed by atoms with Crippen LogP contribution in [0.1, 0.15) is 12.0 Å². The number of halogens is 4. The fourth-order valence-electron chi connectivity index (χ4n) is 0.842. The molecule has 0 saturated carbocycles. The topological polar surface area (TPSA) is 56.0 Å². The van der Waals surface area contributed by atoms with E-state index in [4.69, 9.17) is 11.6 Å². The van der Waals surface area contributed by atoms with Crippen molar-refractivity contribution in [1.82, 2.24) is 4.98 Å². The number of hydrogen-bond acceptors (Lipinski definition) is 3. The summed E-state index contributed by atoms with van der Waals surface area (Å²) in [4.78, 5) is 12.9.